The van der Waals surface area contributed by atoms with E-state index in [4.69, 9.17) is 0 Å². The van der Waals surface area contributed by atoms with Crippen molar-refractivity contribution >= 4 is 10.9 Å². The minimum Gasteiger partial charge on any atom is -0.385 e. The Bertz CT molecular complexity index is 460. The molecule has 0 radical (unpaired) electrons. The average Bonchev–Trinajstić information content (AvgIpc) is 2.61. The van der Waals surface area contributed by atoms with E-state index in [1.165, 1.54) is 16.9 Å². The van der Waals surface area contributed by atoms with Gasteiger partial charge in [-0.15, -0.1) is 10.9 Å². The van der Waals surface area contributed by atoms with E-state index >= 15 is 0 Å². The molecule has 2 rings (SSSR count). The van der Waals surface area contributed by atoms with E-state index in [1.807, 2.05) is 6.20 Å². The standard InChI is InChI=1S/C12H14N.C4H9.W/c1-12(2,3)10-4-5-11-9(8-10)6-7-13-11;1-4(2)3;/h4,6-8,13H,1-3H3;1-3H3;/q2*-1;+2. The number of rotatable bonds is 0. The van der Waals surface area contributed by atoms with E-state index in [2.05, 4.69) is 70.8 Å². The Labute approximate surface area is 126 Å². The third-order valence-electron chi connectivity index (χ3n) is 2.33. The largest absolute Gasteiger partial charge is 2.00 e. The molecule has 0 fully saturated rings. The van der Waals surface area contributed by atoms with Crippen molar-refractivity contribution in [2.75, 3.05) is 0 Å². The number of aromatic nitrogens is 1. The average molecular weight is 413 g/mol. The molecule has 0 aliphatic carbocycles. The number of nitrogens with one attached hydrogen (secondary N) is 1. The second-order valence-electron chi connectivity index (χ2n) is 5.95. The predicted octanol–water partition coefficient (Wildman–Crippen LogP) is 4.88. The van der Waals surface area contributed by atoms with Crippen LogP contribution < -0.4 is 0 Å². The molecule has 0 aliphatic rings. The van der Waals surface area contributed by atoms with Crippen LogP contribution in [0, 0.1) is 12.0 Å². The molecule has 2 aromatic rings. The summed E-state index contributed by atoms with van der Waals surface area (Å²) < 4.78 is 0. The molecular formula is C16H23NW. The quantitative estimate of drug-likeness (QED) is 0.593. The maximum Gasteiger partial charge on any atom is 2.00 e. The van der Waals surface area contributed by atoms with Gasteiger partial charge < -0.3 is 10.9 Å². The molecule has 0 aliphatic heterocycles. The van der Waals surface area contributed by atoms with E-state index in [9.17, 15) is 0 Å². The second-order valence-corrected chi connectivity index (χ2v) is 5.95. The van der Waals surface area contributed by atoms with Crippen LogP contribution in [0.15, 0.2) is 24.4 Å². The Morgan fingerprint density at radius 1 is 1.17 bits per heavy atom. The molecule has 1 aromatic heterocycles. The normalized spacial score (nSPS) is 10.8. The molecule has 0 unspecified atom stereocenters. The summed E-state index contributed by atoms with van der Waals surface area (Å²) in [5, 5.41) is 1.24. The molecule has 18 heavy (non-hydrogen) atoms. The zero-order valence-corrected chi connectivity index (χ0v) is 15.2. The molecule has 1 N–H and O–H groups in total. The molecule has 0 spiro atoms. The maximum absolute atomic E-state index is 3.25. The van der Waals surface area contributed by atoms with Crippen molar-refractivity contribution in [2.24, 2.45) is 0 Å². The minimum absolute atomic E-state index is 0. The van der Waals surface area contributed by atoms with Gasteiger partial charge in [0.1, 0.15) is 0 Å². The first-order chi connectivity index (χ1) is 7.80. The molecule has 0 saturated carbocycles. The van der Waals surface area contributed by atoms with Crippen LogP contribution in [-0.2, 0) is 26.5 Å². The summed E-state index contributed by atoms with van der Waals surface area (Å²) >= 11 is 0. The summed E-state index contributed by atoms with van der Waals surface area (Å²) in [4.78, 5) is 3.14. The van der Waals surface area contributed by atoms with Crippen molar-refractivity contribution in [2.45, 2.75) is 47.0 Å². The van der Waals surface area contributed by atoms with Gasteiger partial charge in [-0.25, -0.2) is 0 Å². The van der Waals surface area contributed by atoms with Gasteiger partial charge in [-0.3, -0.25) is 0 Å². The Hall–Kier alpha value is -0.552. The SMILES string of the molecule is CC(C)(C)c1c[c-]c2[nH]ccc2c1.C[C-](C)C.[W+2]. The molecular weight excluding hydrogens is 390 g/mol. The van der Waals surface area contributed by atoms with Crippen LogP contribution in [0.2, 0.25) is 0 Å². The Balaban J connectivity index is 0.000000512. The molecule has 1 heterocycles. The Morgan fingerprint density at radius 3 is 2.22 bits per heavy atom. The molecule has 0 amide bonds. The summed E-state index contributed by atoms with van der Waals surface area (Å²) in [7, 11) is 0. The van der Waals surface area contributed by atoms with E-state index in [-0.39, 0.29) is 26.5 Å². The van der Waals surface area contributed by atoms with E-state index < -0.39 is 0 Å². The minimum atomic E-state index is 0. The van der Waals surface area contributed by atoms with E-state index in [0.29, 0.717) is 0 Å². The van der Waals surface area contributed by atoms with Crippen LogP contribution in [0.25, 0.3) is 10.9 Å². The number of fused-ring (bicyclic) bond motifs is 1. The number of hydrogen-bond acceptors (Lipinski definition) is 0. The molecule has 0 bridgehead atoms. The van der Waals surface area contributed by atoms with Crippen molar-refractivity contribution in [3.8, 4) is 0 Å². The molecule has 0 atom stereocenters. The van der Waals surface area contributed by atoms with Crippen molar-refractivity contribution in [3.63, 3.8) is 0 Å². The van der Waals surface area contributed by atoms with Crippen LogP contribution in [0.3, 0.4) is 0 Å². The number of benzene rings is 1. The second kappa shape index (κ2) is 7.14. The van der Waals surface area contributed by atoms with Crippen molar-refractivity contribution in [3.05, 3.63) is 41.9 Å². The fourth-order valence-electron chi connectivity index (χ4n) is 1.42. The molecule has 2 heteroatoms. The fourth-order valence-corrected chi connectivity index (χ4v) is 1.42. The van der Waals surface area contributed by atoms with Crippen LogP contribution in [-0.4, -0.2) is 4.98 Å². The summed E-state index contributed by atoms with van der Waals surface area (Å²) in [6.07, 6.45) is 1.95. The number of H-pyrrole nitrogens is 1. The molecule has 0 saturated heterocycles. The Morgan fingerprint density at radius 2 is 1.72 bits per heavy atom. The fraction of sp³-hybridized carbons (Fsp3) is 0.438. The van der Waals surface area contributed by atoms with Gasteiger partial charge in [0.25, 0.3) is 0 Å². The zero-order valence-electron chi connectivity index (χ0n) is 12.2. The molecule has 98 valence electrons. The monoisotopic (exact) mass is 413 g/mol. The molecule has 1 aromatic carbocycles. The van der Waals surface area contributed by atoms with E-state index in [1.54, 1.807) is 0 Å². The smallest absolute Gasteiger partial charge is 0.385 e. The van der Waals surface area contributed by atoms with Crippen LogP contribution in [0.1, 0.15) is 47.1 Å². The van der Waals surface area contributed by atoms with Crippen molar-refractivity contribution < 1.29 is 21.1 Å². The van der Waals surface area contributed by atoms with Crippen LogP contribution >= 0.6 is 0 Å². The van der Waals surface area contributed by atoms with Crippen LogP contribution in [0.4, 0.5) is 0 Å². The first kappa shape index (κ1) is 17.4. The summed E-state index contributed by atoms with van der Waals surface area (Å²) in [6.45, 7) is 12.9. The summed E-state index contributed by atoms with van der Waals surface area (Å²) in [6, 6.07) is 9.63. The summed E-state index contributed by atoms with van der Waals surface area (Å²) in [5.74, 6) is 1.42. The third kappa shape index (κ3) is 5.40. The zero-order chi connectivity index (χ0) is 13.1. The molecule has 1 nitrogen and oxygen atoms in total. The third-order valence-corrected chi connectivity index (χ3v) is 2.33. The van der Waals surface area contributed by atoms with Gasteiger partial charge in [0, 0.05) is 0 Å². The van der Waals surface area contributed by atoms with Crippen LogP contribution in [0.5, 0.6) is 0 Å². The maximum atomic E-state index is 3.25. The van der Waals surface area contributed by atoms with Crippen molar-refractivity contribution in [1.82, 2.24) is 4.98 Å². The van der Waals surface area contributed by atoms with Gasteiger partial charge in [0.2, 0.25) is 0 Å². The van der Waals surface area contributed by atoms with Gasteiger partial charge in [0.15, 0.2) is 0 Å². The van der Waals surface area contributed by atoms with Gasteiger partial charge >= 0.3 is 21.1 Å². The number of hydrogen-bond donors (Lipinski definition) is 1. The van der Waals surface area contributed by atoms with Gasteiger partial charge in [-0.1, -0.05) is 37.8 Å². The number of aromatic amines is 1. The predicted molar refractivity (Wildman–Crippen MR) is 76.1 cm³/mol. The Kier molecular flexibility index (Phi) is 6.92. The van der Waals surface area contributed by atoms with Gasteiger partial charge in [0.05, 0.1) is 0 Å². The van der Waals surface area contributed by atoms with Crippen molar-refractivity contribution in [1.29, 1.82) is 0 Å². The summed E-state index contributed by atoms with van der Waals surface area (Å²) in [5.41, 5.74) is 2.63. The first-order valence-corrected chi connectivity index (χ1v) is 6.07. The van der Waals surface area contributed by atoms with Gasteiger partial charge in [-0.05, 0) is 6.20 Å². The first-order valence-electron chi connectivity index (χ1n) is 6.07. The topological polar surface area (TPSA) is 15.8 Å². The van der Waals surface area contributed by atoms with Gasteiger partial charge in [-0.2, -0.15) is 39.0 Å². The van der Waals surface area contributed by atoms with E-state index in [0.717, 1.165) is 5.52 Å².